The molecule has 0 saturated heterocycles. The van der Waals surface area contributed by atoms with Crippen molar-refractivity contribution in [1.82, 2.24) is 4.98 Å². The highest BCUT2D eigenvalue weighted by atomic mass is 16.3. The molecule has 1 radical (unpaired) electrons. The van der Waals surface area contributed by atoms with Gasteiger partial charge in [-0.05, 0) is 13.0 Å². The van der Waals surface area contributed by atoms with Crippen molar-refractivity contribution in [2.45, 2.75) is 13.5 Å². The van der Waals surface area contributed by atoms with E-state index in [2.05, 4.69) is 11.1 Å². The first-order valence-electron chi connectivity index (χ1n) is 2.78. The molecule has 47 valence electrons. The summed E-state index contributed by atoms with van der Waals surface area (Å²) in [6.45, 7) is 1.86. The first kappa shape index (κ1) is 6.23. The van der Waals surface area contributed by atoms with E-state index in [9.17, 15) is 0 Å². The maximum absolute atomic E-state index is 8.57. The van der Waals surface area contributed by atoms with Crippen molar-refractivity contribution in [2.24, 2.45) is 0 Å². The van der Waals surface area contributed by atoms with E-state index in [-0.39, 0.29) is 6.61 Å². The lowest BCUT2D eigenvalue weighted by Gasteiger charge is -1.93. The molecular formula is C7H8NO. The van der Waals surface area contributed by atoms with Crippen LogP contribution < -0.4 is 0 Å². The molecule has 0 atom stereocenters. The zero-order chi connectivity index (χ0) is 6.69. The fraction of sp³-hybridized carbons (Fsp3) is 0.286. The van der Waals surface area contributed by atoms with E-state index in [0.717, 1.165) is 5.69 Å². The fourth-order valence-electron chi connectivity index (χ4n) is 0.622. The average Bonchev–Trinajstić information content (AvgIpc) is 1.88. The molecule has 9 heavy (non-hydrogen) atoms. The summed E-state index contributed by atoms with van der Waals surface area (Å²) in [5, 5.41) is 8.57. The van der Waals surface area contributed by atoms with Gasteiger partial charge in [0.05, 0.1) is 12.3 Å². The first-order chi connectivity index (χ1) is 4.33. The van der Waals surface area contributed by atoms with Gasteiger partial charge < -0.3 is 5.11 Å². The topological polar surface area (TPSA) is 33.1 Å². The van der Waals surface area contributed by atoms with Crippen LogP contribution in [0.5, 0.6) is 0 Å². The Morgan fingerprint density at radius 1 is 1.78 bits per heavy atom. The zero-order valence-corrected chi connectivity index (χ0v) is 5.26. The molecule has 1 rings (SSSR count). The molecule has 0 aliphatic heterocycles. The molecule has 0 saturated carbocycles. The lowest BCUT2D eigenvalue weighted by molar-refractivity contribution is 0.276. The van der Waals surface area contributed by atoms with Crippen LogP contribution in [0.4, 0.5) is 0 Å². The van der Waals surface area contributed by atoms with Gasteiger partial charge in [-0.3, -0.25) is 4.98 Å². The Bertz CT molecular complexity index is 198. The average molecular weight is 122 g/mol. The molecule has 0 aliphatic rings. The second-order valence-electron chi connectivity index (χ2n) is 1.84. The molecule has 0 bridgehead atoms. The minimum atomic E-state index is -0.0261. The Kier molecular flexibility index (Phi) is 1.80. The normalized spacial score (nSPS) is 9.56. The molecule has 1 heterocycles. The van der Waals surface area contributed by atoms with Gasteiger partial charge in [0.2, 0.25) is 0 Å². The number of aryl methyl sites for hydroxylation is 1. The molecular weight excluding hydrogens is 114 g/mol. The van der Waals surface area contributed by atoms with Gasteiger partial charge in [0.25, 0.3) is 0 Å². The van der Waals surface area contributed by atoms with Crippen molar-refractivity contribution in [3.63, 3.8) is 0 Å². The van der Waals surface area contributed by atoms with E-state index in [0.29, 0.717) is 5.69 Å². The molecule has 2 heteroatoms. The smallest absolute Gasteiger partial charge is 0.0859 e. The summed E-state index contributed by atoms with van der Waals surface area (Å²) in [6, 6.07) is 6.40. The van der Waals surface area contributed by atoms with Crippen molar-refractivity contribution in [1.29, 1.82) is 0 Å². The Balaban J connectivity index is 2.94. The summed E-state index contributed by atoms with van der Waals surface area (Å²) < 4.78 is 0. The van der Waals surface area contributed by atoms with Gasteiger partial charge in [0.1, 0.15) is 0 Å². The molecule has 2 nitrogen and oxygen atoms in total. The lowest BCUT2D eigenvalue weighted by atomic mass is 10.3. The van der Waals surface area contributed by atoms with Gasteiger partial charge in [-0.15, -0.1) is 0 Å². The molecule has 0 amide bonds. The number of aromatic nitrogens is 1. The summed E-state index contributed by atoms with van der Waals surface area (Å²) >= 11 is 0. The van der Waals surface area contributed by atoms with E-state index < -0.39 is 0 Å². The number of rotatable bonds is 1. The molecule has 1 aromatic rings. The summed E-state index contributed by atoms with van der Waals surface area (Å²) in [7, 11) is 0. The van der Waals surface area contributed by atoms with E-state index in [1.165, 1.54) is 0 Å². The molecule has 1 aromatic heterocycles. The summed E-state index contributed by atoms with van der Waals surface area (Å²) in [4.78, 5) is 3.99. The summed E-state index contributed by atoms with van der Waals surface area (Å²) in [5.41, 5.74) is 1.52. The Morgan fingerprint density at radius 2 is 2.56 bits per heavy atom. The molecule has 0 fully saturated rings. The van der Waals surface area contributed by atoms with Crippen LogP contribution in [0.1, 0.15) is 11.4 Å². The van der Waals surface area contributed by atoms with Gasteiger partial charge in [0.15, 0.2) is 0 Å². The number of aliphatic hydroxyl groups is 1. The maximum Gasteiger partial charge on any atom is 0.0859 e. The molecule has 1 N–H and O–H groups in total. The van der Waals surface area contributed by atoms with Gasteiger partial charge in [-0.2, -0.15) is 0 Å². The van der Waals surface area contributed by atoms with Crippen LogP contribution in [-0.2, 0) is 6.61 Å². The van der Waals surface area contributed by atoms with E-state index in [4.69, 9.17) is 5.11 Å². The zero-order valence-electron chi connectivity index (χ0n) is 5.26. The van der Waals surface area contributed by atoms with Crippen LogP contribution in [0, 0.1) is 13.0 Å². The van der Waals surface area contributed by atoms with Crippen molar-refractivity contribution >= 4 is 0 Å². The molecule has 0 aromatic carbocycles. The van der Waals surface area contributed by atoms with E-state index >= 15 is 0 Å². The fourth-order valence-corrected chi connectivity index (χ4v) is 0.622. The summed E-state index contributed by atoms with van der Waals surface area (Å²) in [6.07, 6.45) is 0. The number of aliphatic hydroxyl groups excluding tert-OH is 1. The highest BCUT2D eigenvalue weighted by molar-refractivity contribution is 5.06. The highest BCUT2D eigenvalue weighted by Crippen LogP contribution is 1.95. The minimum absolute atomic E-state index is 0.0261. The van der Waals surface area contributed by atoms with Crippen LogP contribution in [-0.4, -0.2) is 10.1 Å². The predicted octanol–water partition coefficient (Wildman–Crippen LogP) is 0.683. The summed E-state index contributed by atoms with van der Waals surface area (Å²) in [5.74, 6) is 0. The van der Waals surface area contributed by atoms with Gasteiger partial charge >= 0.3 is 0 Å². The van der Waals surface area contributed by atoms with Crippen LogP contribution >= 0.6 is 0 Å². The van der Waals surface area contributed by atoms with Crippen LogP contribution in [0.3, 0.4) is 0 Å². The Hall–Kier alpha value is -0.890. The third-order valence-electron chi connectivity index (χ3n) is 1.04. The Morgan fingerprint density at radius 3 is 3.00 bits per heavy atom. The van der Waals surface area contributed by atoms with Crippen molar-refractivity contribution in [2.75, 3.05) is 0 Å². The number of nitrogens with zero attached hydrogens (tertiary/aromatic N) is 1. The predicted molar refractivity (Wildman–Crippen MR) is 33.7 cm³/mol. The van der Waals surface area contributed by atoms with Crippen molar-refractivity contribution in [3.05, 3.63) is 29.6 Å². The third kappa shape index (κ3) is 1.50. The third-order valence-corrected chi connectivity index (χ3v) is 1.04. The highest BCUT2D eigenvalue weighted by Gasteiger charge is 1.89. The second kappa shape index (κ2) is 2.60. The van der Waals surface area contributed by atoms with Crippen LogP contribution in [0.2, 0.25) is 0 Å². The molecule has 0 unspecified atom stereocenters. The number of pyridine rings is 1. The van der Waals surface area contributed by atoms with E-state index in [1.54, 1.807) is 6.07 Å². The molecule has 0 spiro atoms. The first-order valence-corrected chi connectivity index (χ1v) is 2.78. The SMILES string of the molecule is Cc1cc[c]c(CO)n1. The maximum atomic E-state index is 8.57. The van der Waals surface area contributed by atoms with Gasteiger partial charge in [-0.1, -0.05) is 6.07 Å². The second-order valence-corrected chi connectivity index (χ2v) is 1.84. The van der Waals surface area contributed by atoms with Gasteiger partial charge in [0, 0.05) is 11.8 Å². The van der Waals surface area contributed by atoms with Gasteiger partial charge in [-0.25, -0.2) is 0 Å². The van der Waals surface area contributed by atoms with Crippen LogP contribution in [0.25, 0.3) is 0 Å². The Labute approximate surface area is 54.2 Å². The standard InChI is InChI=1S/C7H8NO/c1-6-3-2-4-7(5-9)8-6/h2-3,9H,5H2,1H3. The number of hydrogen-bond donors (Lipinski definition) is 1. The number of hydrogen-bond acceptors (Lipinski definition) is 2. The monoisotopic (exact) mass is 122 g/mol. The van der Waals surface area contributed by atoms with Crippen molar-refractivity contribution < 1.29 is 5.11 Å². The minimum Gasteiger partial charge on any atom is -0.390 e. The largest absolute Gasteiger partial charge is 0.390 e. The van der Waals surface area contributed by atoms with Crippen LogP contribution in [0.15, 0.2) is 12.1 Å². The van der Waals surface area contributed by atoms with Crippen molar-refractivity contribution in [3.8, 4) is 0 Å². The quantitative estimate of drug-likeness (QED) is 0.594. The molecule has 0 aliphatic carbocycles. The lowest BCUT2D eigenvalue weighted by Crippen LogP contribution is -1.89. The van der Waals surface area contributed by atoms with E-state index in [1.807, 2.05) is 13.0 Å².